The number of halogens is 1. The minimum Gasteiger partial charge on any atom is -0.493 e. The van der Waals surface area contributed by atoms with Crippen molar-refractivity contribution in [1.82, 2.24) is 9.80 Å². The van der Waals surface area contributed by atoms with Crippen LogP contribution < -0.4 is 9.47 Å². The number of hydrogen-bond acceptors (Lipinski definition) is 6. The summed E-state index contributed by atoms with van der Waals surface area (Å²) in [4.78, 5) is 41.6. The molecule has 5 rings (SSSR count). The van der Waals surface area contributed by atoms with E-state index in [1.807, 2.05) is 42.5 Å². The summed E-state index contributed by atoms with van der Waals surface area (Å²) in [5.41, 5.74) is 4.05. The summed E-state index contributed by atoms with van der Waals surface area (Å²) in [5, 5.41) is -0.448. The van der Waals surface area contributed by atoms with Crippen molar-refractivity contribution in [3.05, 3.63) is 97.5 Å². The topological polar surface area (TPSA) is 76.2 Å². The van der Waals surface area contributed by atoms with Gasteiger partial charge in [0, 0.05) is 16.7 Å². The third-order valence-electron chi connectivity index (χ3n) is 6.44. The SMILES string of the molecule is COc1cc(/C=C2\SC(=O)N(CC(=O)N3CCc4ccccc4C3)C2=O)ccc1OCc1ccc(I)cc1. The van der Waals surface area contributed by atoms with Crippen molar-refractivity contribution in [3.63, 3.8) is 0 Å². The first-order chi connectivity index (χ1) is 18.4. The Balaban J connectivity index is 1.24. The molecule has 0 radical (unpaired) electrons. The van der Waals surface area contributed by atoms with Gasteiger partial charge in [-0.2, -0.15) is 0 Å². The van der Waals surface area contributed by atoms with Crippen molar-refractivity contribution in [1.29, 1.82) is 0 Å². The first kappa shape index (κ1) is 26.3. The van der Waals surface area contributed by atoms with Crippen LogP contribution in [0.4, 0.5) is 4.79 Å². The monoisotopic (exact) mass is 640 g/mol. The highest BCUT2D eigenvalue weighted by Crippen LogP contribution is 2.35. The number of nitrogens with zero attached hydrogens (tertiary/aromatic N) is 2. The standard InChI is InChI=1S/C29H25IN2O5S/c1-36-25-14-20(8-11-24(25)37-18-19-6-9-23(30)10-7-19)15-26-28(34)32(29(35)38-26)17-27(33)31-13-12-21-4-2-3-5-22(21)16-31/h2-11,14-15H,12-13,16-18H2,1H3/b26-15-. The van der Waals surface area contributed by atoms with Crippen LogP contribution in [0.2, 0.25) is 0 Å². The van der Waals surface area contributed by atoms with E-state index in [1.54, 1.807) is 36.3 Å². The second-order valence-electron chi connectivity index (χ2n) is 8.93. The summed E-state index contributed by atoms with van der Waals surface area (Å²) >= 11 is 3.09. The van der Waals surface area contributed by atoms with Crippen LogP contribution in [0.5, 0.6) is 11.5 Å². The Hall–Kier alpha value is -3.31. The lowest BCUT2D eigenvalue weighted by molar-refractivity contribution is -0.136. The predicted octanol–water partition coefficient (Wildman–Crippen LogP) is 5.50. The van der Waals surface area contributed by atoms with Crippen molar-refractivity contribution >= 4 is 57.5 Å². The van der Waals surface area contributed by atoms with E-state index >= 15 is 0 Å². The second kappa shape index (κ2) is 11.6. The number of ether oxygens (including phenoxy) is 2. The minimum atomic E-state index is -0.469. The number of carbonyl (C=O) groups excluding carboxylic acids is 3. The van der Waals surface area contributed by atoms with E-state index in [0.717, 1.165) is 37.8 Å². The Morgan fingerprint density at radius 1 is 1.03 bits per heavy atom. The zero-order chi connectivity index (χ0) is 26.6. The van der Waals surface area contributed by atoms with Gasteiger partial charge in [0.15, 0.2) is 11.5 Å². The van der Waals surface area contributed by atoms with Gasteiger partial charge in [0.05, 0.1) is 12.0 Å². The molecule has 3 aromatic rings. The molecule has 38 heavy (non-hydrogen) atoms. The summed E-state index contributed by atoms with van der Waals surface area (Å²) in [6.45, 7) is 1.18. The fraction of sp³-hybridized carbons (Fsp3) is 0.207. The van der Waals surface area contributed by atoms with Gasteiger partial charge in [0.25, 0.3) is 11.1 Å². The molecular weight excluding hydrogens is 615 g/mol. The van der Waals surface area contributed by atoms with Crippen LogP contribution in [-0.4, -0.2) is 47.1 Å². The predicted molar refractivity (Wildman–Crippen MR) is 155 cm³/mol. The first-order valence-electron chi connectivity index (χ1n) is 12.1. The second-order valence-corrected chi connectivity index (χ2v) is 11.2. The highest BCUT2D eigenvalue weighted by molar-refractivity contribution is 14.1. The van der Waals surface area contributed by atoms with Crippen molar-refractivity contribution in [2.45, 2.75) is 19.6 Å². The van der Waals surface area contributed by atoms with E-state index in [4.69, 9.17) is 9.47 Å². The fourth-order valence-electron chi connectivity index (χ4n) is 4.37. The summed E-state index contributed by atoms with van der Waals surface area (Å²) in [6, 6.07) is 21.4. The van der Waals surface area contributed by atoms with Gasteiger partial charge in [-0.15, -0.1) is 0 Å². The lowest BCUT2D eigenvalue weighted by Gasteiger charge is -2.29. The van der Waals surface area contributed by atoms with Crippen LogP contribution in [0, 0.1) is 3.57 Å². The number of thioether (sulfide) groups is 1. The maximum Gasteiger partial charge on any atom is 0.294 e. The lowest BCUT2D eigenvalue weighted by Crippen LogP contribution is -2.44. The minimum absolute atomic E-state index is 0.237. The molecule has 2 heterocycles. The van der Waals surface area contributed by atoms with Crippen molar-refractivity contribution < 1.29 is 23.9 Å². The van der Waals surface area contributed by atoms with E-state index < -0.39 is 11.1 Å². The zero-order valence-corrected chi connectivity index (χ0v) is 23.7. The van der Waals surface area contributed by atoms with Gasteiger partial charge < -0.3 is 14.4 Å². The Bertz CT molecular complexity index is 1420. The molecule has 0 spiro atoms. The summed E-state index contributed by atoms with van der Waals surface area (Å²) in [7, 11) is 1.55. The van der Waals surface area contributed by atoms with Gasteiger partial charge in [0.1, 0.15) is 13.2 Å². The van der Waals surface area contributed by atoms with Crippen molar-refractivity contribution in [2.75, 3.05) is 20.2 Å². The number of fused-ring (bicyclic) bond motifs is 1. The van der Waals surface area contributed by atoms with E-state index in [0.29, 0.717) is 36.8 Å². The highest BCUT2D eigenvalue weighted by Gasteiger charge is 2.37. The molecule has 0 N–H and O–H groups in total. The molecule has 1 fully saturated rings. The highest BCUT2D eigenvalue weighted by atomic mass is 127. The van der Waals surface area contributed by atoms with Gasteiger partial charge in [-0.05, 0) is 93.4 Å². The molecule has 0 unspecified atom stereocenters. The largest absolute Gasteiger partial charge is 0.493 e. The van der Waals surface area contributed by atoms with Crippen LogP contribution in [0.3, 0.4) is 0 Å². The molecule has 3 amide bonds. The lowest BCUT2D eigenvalue weighted by atomic mass is 10.00. The van der Waals surface area contributed by atoms with Crippen LogP contribution in [0.1, 0.15) is 22.3 Å². The molecule has 0 aliphatic carbocycles. The van der Waals surface area contributed by atoms with Gasteiger partial charge in [0.2, 0.25) is 5.91 Å². The molecule has 0 aromatic heterocycles. The molecular formula is C29H25IN2O5S. The Morgan fingerprint density at radius 2 is 1.79 bits per heavy atom. The summed E-state index contributed by atoms with van der Waals surface area (Å²) < 4.78 is 12.6. The number of amides is 3. The molecule has 0 bridgehead atoms. The number of imide groups is 1. The normalized spacial score (nSPS) is 16.1. The molecule has 2 aliphatic rings. The van der Waals surface area contributed by atoms with E-state index in [9.17, 15) is 14.4 Å². The smallest absolute Gasteiger partial charge is 0.294 e. The molecule has 2 aliphatic heterocycles. The zero-order valence-electron chi connectivity index (χ0n) is 20.7. The maximum atomic E-state index is 13.0. The van der Waals surface area contributed by atoms with E-state index in [-0.39, 0.29) is 17.4 Å². The summed E-state index contributed by atoms with van der Waals surface area (Å²) in [5.74, 6) is 0.386. The Kier molecular flexibility index (Phi) is 8.04. The van der Waals surface area contributed by atoms with E-state index in [2.05, 4.69) is 28.7 Å². The first-order valence-corrected chi connectivity index (χ1v) is 14.0. The molecule has 0 atom stereocenters. The fourth-order valence-corrected chi connectivity index (χ4v) is 5.56. The third kappa shape index (κ3) is 5.88. The Morgan fingerprint density at radius 3 is 2.55 bits per heavy atom. The molecule has 194 valence electrons. The van der Waals surface area contributed by atoms with Crippen LogP contribution in [0.25, 0.3) is 6.08 Å². The van der Waals surface area contributed by atoms with Gasteiger partial charge >= 0.3 is 0 Å². The quantitative estimate of drug-likeness (QED) is 0.251. The summed E-state index contributed by atoms with van der Waals surface area (Å²) in [6.07, 6.45) is 2.40. The van der Waals surface area contributed by atoms with Gasteiger partial charge in [-0.1, -0.05) is 42.5 Å². The Labute approximate surface area is 238 Å². The average molecular weight is 640 g/mol. The molecule has 9 heteroatoms. The number of hydrogen-bond donors (Lipinski definition) is 0. The van der Waals surface area contributed by atoms with Crippen LogP contribution in [0.15, 0.2) is 71.6 Å². The number of carbonyl (C=O) groups is 3. The number of benzene rings is 3. The third-order valence-corrected chi connectivity index (χ3v) is 8.07. The van der Waals surface area contributed by atoms with E-state index in [1.165, 1.54) is 5.56 Å². The van der Waals surface area contributed by atoms with Crippen molar-refractivity contribution in [3.8, 4) is 11.5 Å². The number of rotatable bonds is 7. The van der Waals surface area contributed by atoms with Crippen LogP contribution >= 0.6 is 34.4 Å². The molecule has 7 nitrogen and oxygen atoms in total. The van der Waals surface area contributed by atoms with Crippen molar-refractivity contribution in [2.24, 2.45) is 0 Å². The molecule has 3 aromatic carbocycles. The molecule has 0 saturated carbocycles. The van der Waals surface area contributed by atoms with Crippen LogP contribution in [-0.2, 0) is 29.2 Å². The van der Waals surface area contributed by atoms with Gasteiger partial charge in [-0.3, -0.25) is 19.3 Å². The van der Waals surface area contributed by atoms with Gasteiger partial charge in [-0.25, -0.2) is 0 Å². The molecule has 1 saturated heterocycles. The average Bonchev–Trinajstić information content (AvgIpc) is 3.19. The number of methoxy groups -OCH3 is 1. The maximum absolute atomic E-state index is 13.0.